The number of hydrogen-bond acceptors (Lipinski definition) is 9. The van der Waals surface area contributed by atoms with Gasteiger partial charge in [0, 0.05) is 49.2 Å². The zero-order chi connectivity index (χ0) is 35.4. The number of carbonyl (C=O) groups is 3. The number of nitrogens with one attached hydrogen (secondary N) is 3. The third-order valence-electron chi connectivity index (χ3n) is 7.40. The minimum absolute atomic E-state index is 0. The Labute approximate surface area is 282 Å². The van der Waals surface area contributed by atoms with Gasteiger partial charge in [0.2, 0.25) is 11.8 Å². The zero-order valence-corrected chi connectivity index (χ0v) is 28.2. The number of aromatic nitrogens is 1. The molecular formula is C33H52F2N4O7S. The summed E-state index contributed by atoms with van der Waals surface area (Å²) in [5, 5.41) is 31.1. The molecule has 3 amide bonds. The number of aliphatic hydroxyl groups is 2. The molecule has 0 aliphatic heterocycles. The van der Waals surface area contributed by atoms with Crippen molar-refractivity contribution >= 4 is 29.5 Å². The highest BCUT2D eigenvalue weighted by atomic mass is 32.2. The van der Waals surface area contributed by atoms with E-state index < -0.39 is 59.7 Å². The lowest BCUT2D eigenvalue weighted by atomic mass is 9.91. The van der Waals surface area contributed by atoms with Crippen molar-refractivity contribution in [2.45, 2.75) is 115 Å². The van der Waals surface area contributed by atoms with Crippen molar-refractivity contribution < 1.29 is 36.2 Å². The third kappa shape index (κ3) is 15.3. The summed E-state index contributed by atoms with van der Waals surface area (Å²) in [4.78, 5) is 56.8. The van der Waals surface area contributed by atoms with Gasteiger partial charge in [0.15, 0.2) is 0 Å². The molecule has 5 N–H and O–H groups in total. The number of thioether (sulfide) groups is 1. The van der Waals surface area contributed by atoms with Crippen molar-refractivity contribution in [1.82, 2.24) is 20.9 Å². The standard InChI is InChI=1S/C33H48F2N4O5S.O2.2H2/c1-5-8-13-27(37-21(4)40)30(41)31(42)28(17-22-15-24(34)18-25(35)16-22)38-33(44)29(20-45-26(10-6-2)11-7-3)39-32(43)23-12-9-14-36-19-23;1-2;;/h9,12,14-16,18-19,26-31,41-42H,5-8,10-11,13,17,20H2,1-4H3,(H,37,40)(H,38,44)(H,39,43);;2*1H/t27-,28+,29-,30-,31-;;;/m1.../s1. The average molecular weight is 687 g/mol. The summed E-state index contributed by atoms with van der Waals surface area (Å²) < 4.78 is 28.2. The van der Waals surface area contributed by atoms with Crippen LogP contribution in [0.5, 0.6) is 0 Å². The fourth-order valence-corrected chi connectivity index (χ4v) is 6.63. The highest BCUT2D eigenvalue weighted by Gasteiger charge is 2.35. The van der Waals surface area contributed by atoms with Crippen molar-refractivity contribution in [3.05, 3.63) is 75.4 Å². The second kappa shape index (κ2) is 22.9. The van der Waals surface area contributed by atoms with Crippen LogP contribution in [0, 0.1) is 21.6 Å². The molecule has 0 fully saturated rings. The summed E-state index contributed by atoms with van der Waals surface area (Å²) in [5.74, 6) is -2.99. The molecule has 2 rings (SSSR count). The normalized spacial score (nSPS) is 14.1. The van der Waals surface area contributed by atoms with Crippen molar-refractivity contribution in [2.24, 2.45) is 0 Å². The van der Waals surface area contributed by atoms with E-state index in [1.54, 1.807) is 23.9 Å². The number of unbranched alkanes of at least 4 members (excludes halogenated alkanes) is 1. The van der Waals surface area contributed by atoms with E-state index in [1.807, 2.05) is 6.92 Å². The van der Waals surface area contributed by atoms with Crippen LogP contribution in [-0.2, 0) is 16.0 Å². The second-order valence-corrected chi connectivity index (χ2v) is 12.7. The Morgan fingerprint density at radius 2 is 1.51 bits per heavy atom. The van der Waals surface area contributed by atoms with Crippen LogP contribution in [0.25, 0.3) is 0 Å². The molecule has 47 heavy (non-hydrogen) atoms. The van der Waals surface area contributed by atoms with Crippen molar-refractivity contribution in [3.8, 4) is 0 Å². The van der Waals surface area contributed by atoms with Crippen molar-refractivity contribution in [3.63, 3.8) is 0 Å². The first-order valence-corrected chi connectivity index (χ1v) is 16.9. The summed E-state index contributed by atoms with van der Waals surface area (Å²) in [5.41, 5.74) is 0.403. The van der Waals surface area contributed by atoms with Gasteiger partial charge >= 0.3 is 0 Å². The Bertz CT molecular complexity index is 1220. The molecule has 0 spiro atoms. The van der Waals surface area contributed by atoms with E-state index in [9.17, 15) is 33.4 Å². The molecule has 0 bridgehead atoms. The maximum Gasteiger partial charge on any atom is 0.253 e. The molecular weight excluding hydrogens is 634 g/mol. The average Bonchev–Trinajstić information content (AvgIpc) is 3.04. The number of pyridine rings is 1. The predicted octanol–water partition coefficient (Wildman–Crippen LogP) is 4.86. The number of rotatable bonds is 20. The summed E-state index contributed by atoms with van der Waals surface area (Å²) >= 11 is 1.57. The van der Waals surface area contributed by atoms with Gasteiger partial charge in [-0.2, -0.15) is 11.8 Å². The summed E-state index contributed by atoms with van der Waals surface area (Å²) in [6, 6.07) is 2.96. The molecule has 0 saturated heterocycles. The van der Waals surface area contributed by atoms with Gasteiger partial charge in [0.05, 0.1) is 17.6 Å². The van der Waals surface area contributed by atoms with Gasteiger partial charge in [-0.05, 0) is 55.5 Å². The van der Waals surface area contributed by atoms with Gasteiger partial charge in [0.1, 0.15) is 29.9 Å². The topological polar surface area (TPSA) is 175 Å². The predicted molar refractivity (Wildman–Crippen MR) is 184 cm³/mol. The van der Waals surface area contributed by atoms with Gasteiger partial charge in [-0.25, -0.2) is 8.78 Å². The Hall–Kier alpha value is -3.49. The molecule has 1 aromatic carbocycles. The van der Waals surface area contributed by atoms with E-state index in [0.717, 1.165) is 44.2 Å². The van der Waals surface area contributed by atoms with Crippen LogP contribution >= 0.6 is 11.8 Å². The fraction of sp³-hybridized carbons (Fsp3) is 0.576. The largest absolute Gasteiger partial charge is 0.388 e. The highest BCUT2D eigenvalue weighted by Crippen LogP contribution is 2.23. The van der Waals surface area contributed by atoms with Crippen LogP contribution < -0.4 is 16.0 Å². The lowest BCUT2D eigenvalue weighted by molar-refractivity contribution is -0.126. The van der Waals surface area contributed by atoms with E-state index in [-0.39, 0.29) is 31.4 Å². The molecule has 0 saturated carbocycles. The molecule has 14 heteroatoms. The molecule has 1 aromatic heterocycles. The van der Waals surface area contributed by atoms with Gasteiger partial charge in [-0.15, -0.1) is 0 Å². The molecule has 0 radical (unpaired) electrons. The second-order valence-electron chi connectivity index (χ2n) is 11.3. The minimum atomic E-state index is -1.63. The van der Waals surface area contributed by atoms with Gasteiger partial charge < -0.3 is 26.2 Å². The first-order chi connectivity index (χ1) is 22.5. The number of nitrogens with zero attached hydrogens (tertiary/aromatic N) is 1. The maximum absolute atomic E-state index is 14.1. The SMILES string of the molecule is CCCC[C@@H](NC(C)=O)[C@@H](O)[C@H](O)[C@H](Cc1cc(F)cc(F)c1)NC(=O)[C@@H](CSC(CCC)CCC)NC(=O)c1cccnc1.O=O.[HH].[HH]. The molecule has 0 aliphatic rings. The summed E-state index contributed by atoms with van der Waals surface area (Å²) in [6.45, 7) is 7.40. The molecule has 266 valence electrons. The molecule has 11 nitrogen and oxygen atoms in total. The van der Waals surface area contributed by atoms with Crippen molar-refractivity contribution in [1.29, 1.82) is 0 Å². The Kier molecular flexibility index (Phi) is 20.3. The Morgan fingerprint density at radius 3 is 2.04 bits per heavy atom. The first-order valence-electron chi connectivity index (χ1n) is 15.9. The van der Waals surface area contributed by atoms with Gasteiger partial charge in [0.25, 0.3) is 5.91 Å². The van der Waals surface area contributed by atoms with Gasteiger partial charge in [-0.1, -0.05) is 46.5 Å². The van der Waals surface area contributed by atoms with E-state index >= 15 is 0 Å². The van der Waals surface area contributed by atoms with Gasteiger partial charge in [-0.3, -0.25) is 19.4 Å². The number of halogens is 2. The highest BCUT2D eigenvalue weighted by molar-refractivity contribution is 7.99. The third-order valence-corrected chi connectivity index (χ3v) is 8.87. The number of carbonyl (C=O) groups excluding carboxylic acids is 3. The lowest BCUT2D eigenvalue weighted by Crippen LogP contribution is -2.59. The molecule has 0 unspecified atom stereocenters. The smallest absolute Gasteiger partial charge is 0.253 e. The van der Waals surface area contributed by atoms with Crippen LogP contribution in [0.2, 0.25) is 0 Å². The monoisotopic (exact) mass is 686 g/mol. The Morgan fingerprint density at radius 1 is 0.894 bits per heavy atom. The van der Waals surface area contributed by atoms with E-state index in [0.29, 0.717) is 18.9 Å². The maximum atomic E-state index is 14.1. The zero-order valence-electron chi connectivity index (χ0n) is 27.4. The molecule has 2 aromatic rings. The molecule has 1 heterocycles. The lowest BCUT2D eigenvalue weighted by Gasteiger charge is -2.33. The van der Waals surface area contributed by atoms with Crippen LogP contribution in [0.4, 0.5) is 8.78 Å². The van der Waals surface area contributed by atoms with Crippen LogP contribution in [0.15, 0.2) is 42.7 Å². The minimum Gasteiger partial charge on any atom is -0.388 e. The number of amides is 3. The quantitative estimate of drug-likeness (QED) is 0.130. The first kappa shape index (κ1) is 41.5. The van der Waals surface area contributed by atoms with Crippen LogP contribution in [0.3, 0.4) is 0 Å². The van der Waals surface area contributed by atoms with Crippen LogP contribution in [0.1, 0.15) is 91.4 Å². The number of aliphatic hydroxyl groups excluding tert-OH is 2. The summed E-state index contributed by atoms with van der Waals surface area (Å²) in [6.07, 6.45) is 5.10. The summed E-state index contributed by atoms with van der Waals surface area (Å²) in [7, 11) is 0. The number of benzene rings is 1. The van der Waals surface area contributed by atoms with Crippen LogP contribution in [-0.4, -0.2) is 74.3 Å². The van der Waals surface area contributed by atoms with Crippen molar-refractivity contribution in [2.75, 3.05) is 5.75 Å². The molecule has 5 atom stereocenters. The molecule has 0 aliphatic carbocycles. The van der Waals surface area contributed by atoms with E-state index in [2.05, 4.69) is 34.8 Å². The van der Waals surface area contributed by atoms with E-state index in [1.165, 1.54) is 19.3 Å². The number of hydrogen-bond donors (Lipinski definition) is 5. The van der Waals surface area contributed by atoms with E-state index in [4.69, 9.17) is 9.93 Å². The Balaban J connectivity index is 0. The fourth-order valence-electron chi connectivity index (χ4n) is 5.12.